The second-order valence-corrected chi connectivity index (χ2v) is 9.77. The predicted molar refractivity (Wildman–Crippen MR) is 102 cm³/mol. The van der Waals surface area contributed by atoms with Crippen LogP contribution in [0.2, 0.25) is 0 Å². The molecule has 1 saturated carbocycles. The van der Waals surface area contributed by atoms with Crippen LogP contribution in [0.1, 0.15) is 80.1 Å². The zero-order valence-electron chi connectivity index (χ0n) is 17.3. The van der Waals surface area contributed by atoms with Gasteiger partial charge in [0.25, 0.3) is 0 Å². The summed E-state index contributed by atoms with van der Waals surface area (Å²) in [5.41, 5.74) is 0.277. The molecule has 148 valence electrons. The Kier molecular flexibility index (Phi) is 5.07. The number of fused-ring (bicyclic) bond motifs is 2. The lowest BCUT2D eigenvalue weighted by atomic mass is 9.67. The first kappa shape index (κ1) is 19.9. The van der Waals surface area contributed by atoms with Crippen molar-refractivity contribution in [2.75, 3.05) is 0 Å². The maximum atomic E-state index is 11.8. The molecule has 0 aromatic carbocycles. The van der Waals surface area contributed by atoms with Gasteiger partial charge in [0.1, 0.15) is 11.7 Å². The topological polar surface area (TPSA) is 59.1 Å². The molecule has 2 fully saturated rings. The smallest absolute Gasteiger partial charge is 0.303 e. The monoisotopic (exact) mass is 364 g/mol. The van der Waals surface area contributed by atoms with E-state index in [1.54, 1.807) is 0 Å². The third-order valence-corrected chi connectivity index (χ3v) is 7.63. The van der Waals surface area contributed by atoms with Crippen molar-refractivity contribution in [1.82, 2.24) is 0 Å². The molecule has 4 heteroatoms. The SMILES string of the molecule is CC(=O)O[C@@H]1C[C@@H]2[C@@](C)(C/C=C(\C)CC[C@H]3O[C@@]13C)CC[C@@]2(O)C(C)C. The molecule has 1 saturated heterocycles. The Morgan fingerprint density at radius 2 is 2.04 bits per heavy atom. The Labute approximate surface area is 158 Å². The van der Waals surface area contributed by atoms with Crippen LogP contribution in [0.4, 0.5) is 0 Å². The third-order valence-electron chi connectivity index (χ3n) is 7.63. The van der Waals surface area contributed by atoms with E-state index in [-0.39, 0.29) is 35.4 Å². The number of carbonyl (C=O) groups is 1. The lowest BCUT2D eigenvalue weighted by Crippen LogP contribution is -2.47. The number of rotatable bonds is 2. The summed E-state index contributed by atoms with van der Waals surface area (Å²) in [6.07, 6.45) is 7.65. The summed E-state index contributed by atoms with van der Waals surface area (Å²) in [5, 5.41) is 11.6. The van der Waals surface area contributed by atoms with Gasteiger partial charge in [0.15, 0.2) is 0 Å². The van der Waals surface area contributed by atoms with E-state index in [0.29, 0.717) is 6.42 Å². The fourth-order valence-corrected chi connectivity index (χ4v) is 5.44. The van der Waals surface area contributed by atoms with Crippen LogP contribution in [0.25, 0.3) is 0 Å². The lowest BCUT2D eigenvalue weighted by molar-refractivity contribution is -0.155. The van der Waals surface area contributed by atoms with E-state index in [1.165, 1.54) is 12.5 Å². The van der Waals surface area contributed by atoms with Gasteiger partial charge in [-0.25, -0.2) is 0 Å². The molecule has 1 aliphatic heterocycles. The molecular weight excluding hydrogens is 328 g/mol. The van der Waals surface area contributed by atoms with E-state index in [9.17, 15) is 9.90 Å². The molecule has 0 radical (unpaired) electrons. The Balaban J connectivity index is 1.99. The van der Waals surface area contributed by atoms with E-state index < -0.39 is 11.2 Å². The number of carbonyl (C=O) groups excluding carboxylic acids is 1. The minimum Gasteiger partial charge on any atom is -0.459 e. The number of esters is 1. The average Bonchev–Trinajstić information content (AvgIpc) is 3.15. The number of aliphatic hydroxyl groups is 1. The third kappa shape index (κ3) is 3.35. The molecule has 6 atom stereocenters. The molecule has 1 N–H and O–H groups in total. The highest BCUT2D eigenvalue weighted by Crippen LogP contribution is 2.58. The summed E-state index contributed by atoms with van der Waals surface area (Å²) in [4.78, 5) is 11.8. The van der Waals surface area contributed by atoms with Crippen molar-refractivity contribution in [3.05, 3.63) is 11.6 Å². The predicted octanol–water partition coefficient (Wildman–Crippen LogP) is 4.40. The van der Waals surface area contributed by atoms with Crippen molar-refractivity contribution >= 4 is 5.97 Å². The minimum atomic E-state index is -0.719. The van der Waals surface area contributed by atoms with Crippen molar-refractivity contribution in [2.45, 2.75) is 103 Å². The fourth-order valence-electron chi connectivity index (χ4n) is 5.44. The standard InChI is InChI=1S/C22H36O4/c1-14(2)22(24)12-11-20(5)10-9-15(3)7-8-18-21(6,26-18)19(13-17(20)22)25-16(4)23/h9,14,17-19,24H,7-8,10-13H2,1-6H3/b15-9+/t17-,18-,19-,20+,21-,22-/m1/s1. The highest BCUT2D eigenvalue weighted by Gasteiger charge is 2.63. The highest BCUT2D eigenvalue weighted by molar-refractivity contribution is 5.66. The first-order chi connectivity index (χ1) is 12.0. The summed E-state index contributed by atoms with van der Waals surface area (Å²) < 4.78 is 11.8. The van der Waals surface area contributed by atoms with Crippen LogP contribution in [0, 0.1) is 17.3 Å². The Bertz CT molecular complexity index is 597. The van der Waals surface area contributed by atoms with Gasteiger partial charge in [-0.05, 0) is 69.6 Å². The number of hydrogen-bond donors (Lipinski definition) is 1. The largest absolute Gasteiger partial charge is 0.459 e. The van der Waals surface area contributed by atoms with Crippen LogP contribution in [-0.2, 0) is 14.3 Å². The molecule has 3 rings (SSSR count). The molecule has 0 unspecified atom stereocenters. The van der Waals surface area contributed by atoms with E-state index in [1.807, 2.05) is 0 Å². The van der Waals surface area contributed by atoms with Gasteiger partial charge in [0, 0.05) is 6.92 Å². The minimum absolute atomic E-state index is 0.0176. The summed E-state index contributed by atoms with van der Waals surface area (Å²) in [7, 11) is 0. The van der Waals surface area contributed by atoms with Gasteiger partial charge in [-0.15, -0.1) is 0 Å². The van der Waals surface area contributed by atoms with E-state index in [0.717, 1.165) is 32.1 Å². The number of hydrogen-bond acceptors (Lipinski definition) is 4. The summed E-state index contributed by atoms with van der Waals surface area (Å²) in [6, 6.07) is 0. The molecule has 0 amide bonds. The molecule has 0 bridgehead atoms. The van der Waals surface area contributed by atoms with Gasteiger partial charge in [0.2, 0.25) is 0 Å². The summed E-state index contributed by atoms with van der Waals surface area (Å²) in [5.74, 6) is -0.00292. The van der Waals surface area contributed by atoms with E-state index in [4.69, 9.17) is 9.47 Å². The average molecular weight is 365 g/mol. The second kappa shape index (κ2) is 6.63. The molecule has 0 aromatic heterocycles. The summed E-state index contributed by atoms with van der Waals surface area (Å²) >= 11 is 0. The van der Waals surface area contributed by atoms with Crippen molar-refractivity contribution < 1.29 is 19.4 Å². The van der Waals surface area contributed by atoms with Crippen LogP contribution in [0.3, 0.4) is 0 Å². The van der Waals surface area contributed by atoms with Gasteiger partial charge in [-0.2, -0.15) is 0 Å². The van der Waals surface area contributed by atoms with Crippen LogP contribution in [0.15, 0.2) is 11.6 Å². The van der Waals surface area contributed by atoms with Gasteiger partial charge < -0.3 is 14.6 Å². The zero-order chi connectivity index (χ0) is 19.3. The normalized spacial score (nSPS) is 48.0. The second-order valence-electron chi connectivity index (χ2n) is 9.77. The van der Waals surface area contributed by atoms with E-state index >= 15 is 0 Å². The molecule has 1 heterocycles. The van der Waals surface area contributed by atoms with Gasteiger partial charge in [0.05, 0.1) is 11.7 Å². The highest BCUT2D eigenvalue weighted by atomic mass is 16.6. The van der Waals surface area contributed by atoms with Crippen molar-refractivity contribution in [1.29, 1.82) is 0 Å². The molecular formula is C22H36O4. The Morgan fingerprint density at radius 3 is 2.65 bits per heavy atom. The van der Waals surface area contributed by atoms with Gasteiger partial charge >= 0.3 is 5.97 Å². The van der Waals surface area contributed by atoms with Crippen LogP contribution >= 0.6 is 0 Å². The molecule has 3 aliphatic rings. The molecule has 0 aromatic rings. The zero-order valence-corrected chi connectivity index (χ0v) is 17.3. The first-order valence-electron chi connectivity index (χ1n) is 10.2. The summed E-state index contributed by atoms with van der Waals surface area (Å²) in [6.45, 7) is 12.3. The number of allylic oxidation sites excluding steroid dienone is 2. The molecule has 0 spiro atoms. The van der Waals surface area contributed by atoms with Crippen LogP contribution in [-0.4, -0.2) is 34.5 Å². The number of ether oxygens (including phenoxy) is 2. The maximum absolute atomic E-state index is 11.8. The first-order valence-corrected chi connectivity index (χ1v) is 10.2. The Morgan fingerprint density at radius 1 is 1.35 bits per heavy atom. The van der Waals surface area contributed by atoms with Crippen LogP contribution in [0.5, 0.6) is 0 Å². The van der Waals surface area contributed by atoms with E-state index in [2.05, 4.69) is 40.7 Å². The Hall–Kier alpha value is -0.870. The molecule has 26 heavy (non-hydrogen) atoms. The maximum Gasteiger partial charge on any atom is 0.303 e. The van der Waals surface area contributed by atoms with Crippen molar-refractivity contribution in [3.8, 4) is 0 Å². The molecule has 4 nitrogen and oxygen atoms in total. The number of epoxide rings is 1. The van der Waals surface area contributed by atoms with Gasteiger partial charge in [-0.1, -0.05) is 32.4 Å². The quantitative estimate of drug-likeness (QED) is 0.448. The van der Waals surface area contributed by atoms with Crippen molar-refractivity contribution in [2.24, 2.45) is 17.3 Å². The fraction of sp³-hybridized carbons (Fsp3) is 0.864. The molecule has 2 aliphatic carbocycles. The van der Waals surface area contributed by atoms with Crippen LogP contribution < -0.4 is 0 Å². The van der Waals surface area contributed by atoms with Crippen molar-refractivity contribution in [3.63, 3.8) is 0 Å². The lowest BCUT2D eigenvalue weighted by Gasteiger charge is -2.42. The van der Waals surface area contributed by atoms with Gasteiger partial charge in [-0.3, -0.25) is 4.79 Å².